The predicted octanol–water partition coefficient (Wildman–Crippen LogP) is 5.78. The van der Waals surface area contributed by atoms with Gasteiger partial charge in [0.1, 0.15) is 5.75 Å². The zero-order valence-electron chi connectivity index (χ0n) is 19.2. The molecule has 2 heterocycles. The number of nitrogens with zero attached hydrogens (tertiary/aromatic N) is 3. The second-order valence-electron chi connectivity index (χ2n) is 7.75. The van der Waals surface area contributed by atoms with E-state index < -0.39 is 5.97 Å². The van der Waals surface area contributed by atoms with E-state index >= 15 is 0 Å². The topological polar surface area (TPSA) is 90.4 Å². The first-order valence-corrected chi connectivity index (χ1v) is 11.0. The molecule has 9 heteroatoms. The minimum absolute atomic E-state index is 0. The van der Waals surface area contributed by atoms with Crippen LogP contribution in [0.3, 0.4) is 0 Å². The average Bonchev–Trinajstić information content (AvgIpc) is 3.48. The van der Waals surface area contributed by atoms with Gasteiger partial charge in [0.15, 0.2) is 0 Å². The molecule has 171 valence electrons. The first-order valence-electron chi connectivity index (χ1n) is 10.6. The van der Waals surface area contributed by atoms with E-state index in [1.54, 1.807) is 13.3 Å². The fraction of sp³-hybridized carbons (Fsp3) is 0.115. The Bertz CT molecular complexity index is 1500. The number of ether oxygens (including phenoxy) is 1. The van der Waals surface area contributed by atoms with Gasteiger partial charge in [0.2, 0.25) is 5.82 Å². The molecular weight excluding hydrogens is 477 g/mol. The first-order chi connectivity index (χ1) is 16.5. The summed E-state index contributed by atoms with van der Waals surface area (Å²) >= 11 is 6.41. The number of carboxylic acid groups (broad SMARTS) is 1. The molecule has 1 radical (unpaired) electrons. The Morgan fingerprint density at radius 1 is 1.06 bits per heavy atom. The van der Waals surface area contributed by atoms with Gasteiger partial charge in [0.05, 0.1) is 18.6 Å². The van der Waals surface area contributed by atoms with Gasteiger partial charge in [-0.25, -0.2) is 0 Å². The molecule has 0 amide bonds. The monoisotopic (exact) mass is 496 g/mol. The van der Waals surface area contributed by atoms with Gasteiger partial charge in [-0.3, -0.25) is 4.79 Å². The molecule has 0 spiro atoms. The van der Waals surface area contributed by atoms with Crippen LogP contribution in [0, 0.1) is 0 Å². The van der Waals surface area contributed by atoms with Crippen LogP contribution in [0.15, 0.2) is 77.4 Å². The molecule has 0 bridgehead atoms. The smallest absolute Gasteiger partial charge is 0.305 e. The van der Waals surface area contributed by atoms with E-state index in [9.17, 15) is 4.79 Å². The van der Waals surface area contributed by atoms with Crippen LogP contribution in [0.2, 0.25) is 5.02 Å². The molecule has 5 rings (SSSR count). The summed E-state index contributed by atoms with van der Waals surface area (Å²) < 4.78 is 12.9. The molecule has 0 aliphatic rings. The molecule has 0 saturated carbocycles. The number of fused-ring (bicyclic) bond motifs is 1. The van der Waals surface area contributed by atoms with Crippen LogP contribution in [0.5, 0.6) is 5.75 Å². The second-order valence-corrected chi connectivity index (χ2v) is 8.16. The molecular formula is C26H20ClN3NaO4. The largest absolute Gasteiger partial charge is 0.496 e. The van der Waals surface area contributed by atoms with Crippen molar-refractivity contribution in [2.45, 2.75) is 13.0 Å². The third-order valence-electron chi connectivity index (χ3n) is 5.61. The molecule has 2 aromatic heterocycles. The van der Waals surface area contributed by atoms with Gasteiger partial charge in [-0.15, -0.1) is 0 Å². The Kier molecular flexibility index (Phi) is 7.62. The number of aliphatic carboxylic acids is 1. The van der Waals surface area contributed by atoms with Crippen LogP contribution in [-0.4, -0.2) is 62.5 Å². The van der Waals surface area contributed by atoms with Crippen molar-refractivity contribution in [2.24, 2.45) is 0 Å². The zero-order valence-corrected chi connectivity index (χ0v) is 22.0. The van der Waals surface area contributed by atoms with E-state index in [1.807, 2.05) is 71.3 Å². The van der Waals surface area contributed by atoms with Crippen LogP contribution in [0.1, 0.15) is 6.42 Å². The number of halogens is 1. The van der Waals surface area contributed by atoms with E-state index in [-0.39, 0.29) is 36.0 Å². The fourth-order valence-electron chi connectivity index (χ4n) is 3.94. The number of carboxylic acids is 1. The third kappa shape index (κ3) is 5.13. The van der Waals surface area contributed by atoms with Crippen molar-refractivity contribution in [1.29, 1.82) is 0 Å². The maximum absolute atomic E-state index is 10.9. The number of methoxy groups -OCH3 is 1. The number of aromatic nitrogens is 3. The SMILES string of the molecule is COc1ccc(-c2nc(-c3ccc4c(c3)c(Cl)cn4CCC(=O)O)no2)cc1-c1ccccc1.[Na]. The molecule has 0 fully saturated rings. The van der Waals surface area contributed by atoms with Gasteiger partial charge in [0, 0.05) is 69.9 Å². The van der Waals surface area contributed by atoms with Crippen molar-refractivity contribution in [2.75, 3.05) is 7.11 Å². The molecule has 0 atom stereocenters. The van der Waals surface area contributed by atoms with Crippen molar-refractivity contribution in [3.63, 3.8) is 0 Å². The van der Waals surface area contributed by atoms with Gasteiger partial charge in [0.25, 0.3) is 5.89 Å². The standard InChI is InChI=1S/C26H20ClN3O4.Na/c1-33-23-10-8-18(14-19(23)16-5-3-2-4-6-16)26-28-25(29-34-26)17-7-9-22-20(13-17)21(27)15-30(22)12-11-24(31)32;/h2-10,13-15H,11-12H2,1H3,(H,31,32);. The van der Waals surface area contributed by atoms with Gasteiger partial charge in [-0.2, -0.15) is 4.98 Å². The number of benzene rings is 3. The Labute approximate surface area is 228 Å². The summed E-state index contributed by atoms with van der Waals surface area (Å²) in [5, 5.41) is 14.5. The number of aryl methyl sites for hydroxylation is 1. The summed E-state index contributed by atoms with van der Waals surface area (Å²) in [4.78, 5) is 15.5. The molecule has 3 aromatic carbocycles. The molecule has 0 unspecified atom stereocenters. The predicted molar refractivity (Wildman–Crippen MR) is 136 cm³/mol. The molecule has 0 saturated heterocycles. The summed E-state index contributed by atoms with van der Waals surface area (Å²) in [5.41, 5.74) is 4.32. The van der Waals surface area contributed by atoms with Crippen LogP contribution in [-0.2, 0) is 11.3 Å². The second kappa shape index (κ2) is 10.7. The summed E-state index contributed by atoms with van der Waals surface area (Å²) in [6.07, 6.45) is 1.76. The van der Waals surface area contributed by atoms with E-state index in [2.05, 4.69) is 10.1 Å². The first kappa shape index (κ1) is 25.0. The average molecular weight is 497 g/mol. The molecule has 1 N–H and O–H groups in total. The molecule has 7 nitrogen and oxygen atoms in total. The molecule has 0 aliphatic heterocycles. The minimum Gasteiger partial charge on any atom is -0.496 e. The summed E-state index contributed by atoms with van der Waals surface area (Å²) in [6.45, 7) is 0.339. The fourth-order valence-corrected chi connectivity index (χ4v) is 4.21. The Morgan fingerprint density at radius 3 is 2.57 bits per heavy atom. The summed E-state index contributed by atoms with van der Waals surface area (Å²) in [5.74, 6) is 0.716. The maximum atomic E-state index is 10.9. The Balaban J connectivity index is 0.00000289. The van der Waals surface area contributed by atoms with Gasteiger partial charge in [-0.1, -0.05) is 47.1 Å². The number of hydrogen-bond acceptors (Lipinski definition) is 5. The maximum Gasteiger partial charge on any atom is 0.305 e. The third-order valence-corrected chi connectivity index (χ3v) is 5.92. The summed E-state index contributed by atoms with van der Waals surface area (Å²) in [6, 6.07) is 21.3. The number of hydrogen-bond donors (Lipinski definition) is 1. The number of carbonyl (C=O) groups is 1. The van der Waals surface area contributed by atoms with Crippen LogP contribution in [0.25, 0.3) is 44.9 Å². The van der Waals surface area contributed by atoms with Crippen LogP contribution >= 0.6 is 11.6 Å². The van der Waals surface area contributed by atoms with E-state index in [0.717, 1.165) is 38.9 Å². The van der Waals surface area contributed by atoms with E-state index in [0.29, 0.717) is 23.3 Å². The number of rotatable bonds is 7. The van der Waals surface area contributed by atoms with Gasteiger partial charge < -0.3 is 18.9 Å². The van der Waals surface area contributed by atoms with Crippen molar-refractivity contribution < 1.29 is 19.2 Å². The van der Waals surface area contributed by atoms with Crippen molar-refractivity contribution in [1.82, 2.24) is 14.7 Å². The minimum atomic E-state index is -0.858. The van der Waals surface area contributed by atoms with Crippen molar-refractivity contribution >= 4 is 58.0 Å². The Morgan fingerprint density at radius 2 is 1.83 bits per heavy atom. The Hall–Kier alpha value is -3.10. The molecule has 0 aliphatic carbocycles. The van der Waals surface area contributed by atoms with Crippen LogP contribution in [0.4, 0.5) is 0 Å². The summed E-state index contributed by atoms with van der Waals surface area (Å²) in [7, 11) is 1.64. The van der Waals surface area contributed by atoms with E-state index in [4.69, 9.17) is 26.0 Å². The van der Waals surface area contributed by atoms with E-state index in [1.165, 1.54) is 0 Å². The molecule has 35 heavy (non-hydrogen) atoms. The quantitative estimate of drug-likeness (QED) is 0.287. The molecule has 5 aromatic rings. The van der Waals surface area contributed by atoms with Crippen molar-refractivity contribution in [3.8, 4) is 39.7 Å². The van der Waals surface area contributed by atoms with Crippen molar-refractivity contribution in [3.05, 3.63) is 77.9 Å². The zero-order chi connectivity index (χ0) is 23.7. The van der Waals surface area contributed by atoms with Gasteiger partial charge >= 0.3 is 5.97 Å². The van der Waals surface area contributed by atoms with Crippen LogP contribution < -0.4 is 4.74 Å². The van der Waals surface area contributed by atoms with Gasteiger partial charge in [-0.05, 0) is 42.0 Å². The normalized spacial score (nSPS) is 10.8.